The van der Waals surface area contributed by atoms with Crippen molar-refractivity contribution in [1.82, 2.24) is 10.2 Å². The molecule has 5 nitrogen and oxygen atoms in total. The highest BCUT2D eigenvalue weighted by Gasteiger charge is 2.06. The molecular weight excluding hydrogens is 254 g/mol. The van der Waals surface area contributed by atoms with E-state index in [1.165, 1.54) is 0 Å². The Labute approximate surface area is 120 Å². The Morgan fingerprint density at radius 3 is 2.65 bits per heavy atom. The third kappa shape index (κ3) is 5.84. The summed E-state index contributed by atoms with van der Waals surface area (Å²) in [5.74, 6) is 0.0416. The van der Waals surface area contributed by atoms with Gasteiger partial charge in [-0.25, -0.2) is 0 Å². The lowest BCUT2D eigenvalue weighted by molar-refractivity contribution is -0.128. The van der Waals surface area contributed by atoms with Crippen LogP contribution < -0.4 is 10.6 Å². The highest BCUT2D eigenvalue weighted by Crippen LogP contribution is 2.12. The summed E-state index contributed by atoms with van der Waals surface area (Å²) in [5.41, 5.74) is 1.81. The average Bonchev–Trinajstić information content (AvgIpc) is 2.42. The molecule has 0 saturated carbocycles. The van der Waals surface area contributed by atoms with Crippen molar-refractivity contribution in [2.75, 3.05) is 32.5 Å². The summed E-state index contributed by atoms with van der Waals surface area (Å²) < 4.78 is 0. The molecule has 1 aromatic rings. The minimum atomic E-state index is -0.0617. The van der Waals surface area contributed by atoms with Crippen LogP contribution in [-0.2, 0) is 16.0 Å². The molecule has 0 unspecified atom stereocenters. The molecule has 20 heavy (non-hydrogen) atoms. The van der Waals surface area contributed by atoms with Gasteiger partial charge < -0.3 is 15.5 Å². The lowest BCUT2D eigenvalue weighted by atomic mass is 10.1. The van der Waals surface area contributed by atoms with Crippen molar-refractivity contribution in [1.29, 1.82) is 0 Å². The van der Waals surface area contributed by atoms with E-state index >= 15 is 0 Å². The van der Waals surface area contributed by atoms with Crippen LogP contribution in [0.15, 0.2) is 24.3 Å². The molecule has 0 radical (unpaired) electrons. The minimum Gasteiger partial charge on any atom is -0.349 e. The number of anilines is 1. The SMILES string of the molecule is CCNCC(=O)Nc1cccc(CCC(=O)N(C)C)c1. The predicted molar refractivity (Wildman–Crippen MR) is 80.6 cm³/mol. The molecule has 2 N–H and O–H groups in total. The van der Waals surface area contributed by atoms with Gasteiger partial charge in [-0.2, -0.15) is 0 Å². The first-order valence-electron chi connectivity index (χ1n) is 6.82. The number of benzene rings is 1. The number of aryl methyl sites for hydroxylation is 1. The third-order valence-corrected chi connectivity index (χ3v) is 2.87. The third-order valence-electron chi connectivity index (χ3n) is 2.87. The zero-order chi connectivity index (χ0) is 15.0. The molecule has 2 amide bonds. The maximum atomic E-state index is 11.6. The Balaban J connectivity index is 2.53. The monoisotopic (exact) mass is 277 g/mol. The molecule has 1 aromatic carbocycles. The van der Waals surface area contributed by atoms with E-state index in [0.29, 0.717) is 19.4 Å². The fraction of sp³-hybridized carbons (Fsp3) is 0.467. The number of likely N-dealkylation sites (N-methyl/N-ethyl adjacent to an activating group) is 1. The van der Waals surface area contributed by atoms with Crippen molar-refractivity contribution < 1.29 is 9.59 Å². The summed E-state index contributed by atoms with van der Waals surface area (Å²) in [4.78, 5) is 24.7. The van der Waals surface area contributed by atoms with Crippen LogP contribution in [0.3, 0.4) is 0 Å². The van der Waals surface area contributed by atoms with Gasteiger partial charge in [0.2, 0.25) is 11.8 Å². The molecule has 0 spiro atoms. The van der Waals surface area contributed by atoms with Crippen molar-refractivity contribution in [3.63, 3.8) is 0 Å². The number of amides is 2. The summed E-state index contributed by atoms with van der Waals surface area (Å²) >= 11 is 0. The van der Waals surface area contributed by atoms with E-state index in [4.69, 9.17) is 0 Å². The van der Waals surface area contributed by atoms with Gasteiger partial charge in [-0.05, 0) is 30.7 Å². The van der Waals surface area contributed by atoms with E-state index in [9.17, 15) is 9.59 Å². The largest absolute Gasteiger partial charge is 0.349 e. The van der Waals surface area contributed by atoms with Crippen LogP contribution in [0.25, 0.3) is 0 Å². The van der Waals surface area contributed by atoms with E-state index in [1.807, 2.05) is 31.2 Å². The molecular formula is C15H23N3O2. The molecule has 0 fully saturated rings. The number of nitrogens with one attached hydrogen (secondary N) is 2. The van der Waals surface area contributed by atoms with Crippen molar-refractivity contribution in [2.45, 2.75) is 19.8 Å². The Kier molecular flexibility index (Phi) is 6.73. The molecule has 0 saturated heterocycles. The van der Waals surface area contributed by atoms with Crippen LogP contribution >= 0.6 is 0 Å². The second-order valence-electron chi connectivity index (χ2n) is 4.82. The standard InChI is InChI=1S/C15H23N3O2/c1-4-16-11-14(19)17-13-7-5-6-12(10-13)8-9-15(20)18(2)3/h5-7,10,16H,4,8-9,11H2,1-3H3,(H,17,19). The Bertz CT molecular complexity index is 458. The predicted octanol–water partition coefficient (Wildman–Crippen LogP) is 1.26. The fourth-order valence-corrected chi connectivity index (χ4v) is 1.72. The lowest BCUT2D eigenvalue weighted by Gasteiger charge is -2.11. The Morgan fingerprint density at radius 2 is 2.00 bits per heavy atom. The molecule has 0 atom stereocenters. The minimum absolute atomic E-state index is 0.0617. The number of rotatable bonds is 7. The van der Waals surface area contributed by atoms with Gasteiger partial charge in [-0.15, -0.1) is 0 Å². The van der Waals surface area contributed by atoms with Gasteiger partial charge in [0, 0.05) is 26.2 Å². The topological polar surface area (TPSA) is 61.4 Å². The summed E-state index contributed by atoms with van der Waals surface area (Å²) in [6, 6.07) is 7.61. The van der Waals surface area contributed by atoms with Crippen molar-refractivity contribution >= 4 is 17.5 Å². The first kappa shape index (κ1) is 16.2. The van der Waals surface area contributed by atoms with Crippen LogP contribution in [-0.4, -0.2) is 43.9 Å². The number of carbonyl (C=O) groups is 2. The molecule has 5 heteroatoms. The van der Waals surface area contributed by atoms with Crippen LogP contribution in [0.2, 0.25) is 0 Å². The maximum Gasteiger partial charge on any atom is 0.238 e. The van der Waals surface area contributed by atoms with Gasteiger partial charge in [0.1, 0.15) is 0 Å². The van der Waals surface area contributed by atoms with Gasteiger partial charge in [-0.1, -0.05) is 19.1 Å². The number of hydrogen-bond acceptors (Lipinski definition) is 3. The molecule has 0 aliphatic rings. The van der Waals surface area contributed by atoms with Gasteiger partial charge in [0.15, 0.2) is 0 Å². The highest BCUT2D eigenvalue weighted by molar-refractivity contribution is 5.92. The van der Waals surface area contributed by atoms with Crippen LogP contribution in [0, 0.1) is 0 Å². The van der Waals surface area contributed by atoms with Crippen molar-refractivity contribution in [3.05, 3.63) is 29.8 Å². The first-order chi connectivity index (χ1) is 9.52. The number of nitrogens with zero attached hydrogens (tertiary/aromatic N) is 1. The van der Waals surface area contributed by atoms with E-state index in [2.05, 4.69) is 10.6 Å². The smallest absolute Gasteiger partial charge is 0.238 e. The van der Waals surface area contributed by atoms with Crippen molar-refractivity contribution in [2.24, 2.45) is 0 Å². The summed E-state index contributed by atoms with van der Waals surface area (Å²) in [6.45, 7) is 3.02. The number of carbonyl (C=O) groups excluding carboxylic acids is 2. The van der Waals surface area contributed by atoms with E-state index in [1.54, 1.807) is 19.0 Å². The van der Waals surface area contributed by atoms with Crippen LogP contribution in [0.5, 0.6) is 0 Å². The second kappa shape index (κ2) is 8.32. The molecule has 0 aromatic heterocycles. The van der Waals surface area contributed by atoms with E-state index < -0.39 is 0 Å². The molecule has 0 bridgehead atoms. The summed E-state index contributed by atoms with van der Waals surface area (Å²) in [5, 5.41) is 5.80. The van der Waals surface area contributed by atoms with Gasteiger partial charge >= 0.3 is 0 Å². The van der Waals surface area contributed by atoms with E-state index in [-0.39, 0.29) is 11.8 Å². The van der Waals surface area contributed by atoms with Gasteiger partial charge in [0.25, 0.3) is 0 Å². The molecule has 0 aliphatic heterocycles. The zero-order valence-corrected chi connectivity index (χ0v) is 12.4. The van der Waals surface area contributed by atoms with Crippen molar-refractivity contribution in [3.8, 4) is 0 Å². The number of hydrogen-bond donors (Lipinski definition) is 2. The lowest BCUT2D eigenvalue weighted by Crippen LogP contribution is -2.27. The summed E-state index contributed by atoms with van der Waals surface area (Å²) in [7, 11) is 3.50. The molecule has 110 valence electrons. The molecule has 0 aliphatic carbocycles. The zero-order valence-electron chi connectivity index (χ0n) is 12.4. The normalized spacial score (nSPS) is 10.2. The Morgan fingerprint density at radius 1 is 1.25 bits per heavy atom. The van der Waals surface area contributed by atoms with Gasteiger partial charge in [0.05, 0.1) is 6.54 Å². The Hall–Kier alpha value is -1.88. The molecule has 0 heterocycles. The van der Waals surface area contributed by atoms with Gasteiger partial charge in [-0.3, -0.25) is 9.59 Å². The average molecular weight is 277 g/mol. The molecule has 1 rings (SSSR count). The fourth-order valence-electron chi connectivity index (χ4n) is 1.72. The maximum absolute atomic E-state index is 11.6. The van der Waals surface area contributed by atoms with E-state index in [0.717, 1.165) is 17.8 Å². The highest BCUT2D eigenvalue weighted by atomic mass is 16.2. The first-order valence-corrected chi connectivity index (χ1v) is 6.82. The van der Waals surface area contributed by atoms with Crippen LogP contribution in [0.4, 0.5) is 5.69 Å². The van der Waals surface area contributed by atoms with Crippen LogP contribution in [0.1, 0.15) is 18.9 Å². The quantitative estimate of drug-likeness (QED) is 0.788. The summed E-state index contributed by atoms with van der Waals surface area (Å²) in [6.07, 6.45) is 1.15. The second-order valence-corrected chi connectivity index (χ2v) is 4.82.